The van der Waals surface area contributed by atoms with Crippen molar-refractivity contribution in [3.05, 3.63) is 0 Å². The molecule has 2 heterocycles. The Hall–Kier alpha value is -0.130. The summed E-state index contributed by atoms with van der Waals surface area (Å²) in [6.07, 6.45) is 10.8. The van der Waals surface area contributed by atoms with E-state index in [2.05, 4.69) is 14.1 Å². The van der Waals surface area contributed by atoms with Gasteiger partial charge in [0.1, 0.15) is 13.1 Å². The molecule has 2 aliphatic heterocycles. The Morgan fingerprint density at radius 2 is 1.12 bits per heavy atom. The third-order valence-electron chi connectivity index (χ3n) is 5.91. The second-order valence-electron chi connectivity index (χ2n) is 8.56. The fourth-order valence-electron chi connectivity index (χ4n) is 4.62. The number of likely N-dealkylation sites (N-methyl/N-ethyl adjacent to an activating group) is 2. The molecule has 2 saturated heterocycles. The fraction of sp³-hybridized carbons (Fsp3) is 0.947. The Labute approximate surface area is 159 Å². The molecule has 142 valence electrons. The quantitative estimate of drug-likeness (QED) is 0.473. The van der Waals surface area contributed by atoms with Gasteiger partial charge in [-0.05, 0) is 51.4 Å². The van der Waals surface area contributed by atoms with Crippen LogP contribution in [0.15, 0.2) is 0 Å². The summed E-state index contributed by atoms with van der Waals surface area (Å²) in [4.78, 5) is 11.6. The van der Waals surface area contributed by atoms with Gasteiger partial charge in [-0.2, -0.15) is 0 Å². The van der Waals surface area contributed by atoms with Crippen LogP contribution in [0.3, 0.4) is 0 Å². The van der Waals surface area contributed by atoms with E-state index in [1.165, 1.54) is 77.5 Å². The molecule has 0 saturated carbocycles. The van der Waals surface area contributed by atoms with E-state index in [1.807, 2.05) is 0 Å². The maximum atomic E-state index is 11.6. The van der Waals surface area contributed by atoms with E-state index in [9.17, 15) is 4.79 Å². The first-order chi connectivity index (χ1) is 10.9. The molecule has 0 unspecified atom stereocenters. The van der Waals surface area contributed by atoms with E-state index >= 15 is 0 Å². The summed E-state index contributed by atoms with van der Waals surface area (Å²) >= 11 is 0. The van der Waals surface area contributed by atoms with Crippen molar-refractivity contribution in [1.82, 2.24) is 0 Å². The Morgan fingerprint density at radius 3 is 1.42 bits per heavy atom. The van der Waals surface area contributed by atoms with E-state index in [4.69, 9.17) is 4.74 Å². The summed E-state index contributed by atoms with van der Waals surface area (Å²) in [5.74, 6) is -0.113. The summed E-state index contributed by atoms with van der Waals surface area (Å²) in [6, 6.07) is 0. The molecule has 0 radical (unpaired) electrons. The number of hydrogen-bond acceptors (Lipinski definition) is 2. The SMILES string of the molecule is CC(=O)OC(C[N+]1(C)CCCCCC1)C[N+]1(C)CCCCCC1.[Br-]. The maximum absolute atomic E-state index is 11.6. The highest BCUT2D eigenvalue weighted by atomic mass is 79.9. The van der Waals surface area contributed by atoms with Gasteiger partial charge < -0.3 is 30.7 Å². The molecular weight excluding hydrogens is 368 g/mol. The van der Waals surface area contributed by atoms with Crippen LogP contribution in [0.2, 0.25) is 0 Å². The number of rotatable bonds is 5. The van der Waals surface area contributed by atoms with Gasteiger partial charge in [-0.3, -0.25) is 4.79 Å². The zero-order chi connectivity index (χ0) is 16.8. The molecule has 0 atom stereocenters. The summed E-state index contributed by atoms with van der Waals surface area (Å²) in [5, 5.41) is 0. The lowest BCUT2D eigenvalue weighted by atomic mass is 10.2. The van der Waals surface area contributed by atoms with Crippen LogP contribution in [0.1, 0.15) is 58.3 Å². The number of esters is 1. The molecule has 24 heavy (non-hydrogen) atoms. The van der Waals surface area contributed by atoms with Crippen LogP contribution in [0.4, 0.5) is 0 Å². The number of carbonyl (C=O) groups is 1. The van der Waals surface area contributed by atoms with Gasteiger partial charge in [0, 0.05) is 6.92 Å². The molecule has 0 spiro atoms. The van der Waals surface area contributed by atoms with Crippen LogP contribution in [-0.4, -0.2) is 74.4 Å². The smallest absolute Gasteiger partial charge is 0.303 e. The molecule has 0 bridgehead atoms. The molecule has 0 aromatic heterocycles. The first kappa shape index (κ1) is 21.9. The number of carbonyl (C=O) groups excluding carboxylic acids is 1. The monoisotopic (exact) mass is 405 g/mol. The van der Waals surface area contributed by atoms with Gasteiger partial charge in [0.2, 0.25) is 0 Å². The van der Waals surface area contributed by atoms with Gasteiger partial charge in [0.15, 0.2) is 6.10 Å². The third-order valence-corrected chi connectivity index (χ3v) is 5.91. The van der Waals surface area contributed by atoms with Crippen molar-refractivity contribution in [2.24, 2.45) is 0 Å². The zero-order valence-electron chi connectivity index (χ0n) is 16.1. The zero-order valence-corrected chi connectivity index (χ0v) is 17.7. The Bertz CT molecular complexity index is 346. The Kier molecular flexibility index (Phi) is 9.24. The number of likely N-dealkylation sites (tertiary alicyclic amines) is 2. The molecular formula is C19H38BrN2O2+. The average Bonchev–Trinajstić information content (AvgIpc) is 2.78. The predicted octanol–water partition coefficient (Wildman–Crippen LogP) is -0.0367. The van der Waals surface area contributed by atoms with Crippen LogP contribution >= 0.6 is 0 Å². The highest BCUT2D eigenvalue weighted by molar-refractivity contribution is 5.66. The second kappa shape index (κ2) is 10.1. The maximum Gasteiger partial charge on any atom is 0.303 e. The highest BCUT2D eigenvalue weighted by Gasteiger charge is 2.35. The number of ether oxygens (including phenoxy) is 1. The summed E-state index contributed by atoms with van der Waals surface area (Å²) in [5.41, 5.74) is 0. The highest BCUT2D eigenvalue weighted by Crippen LogP contribution is 2.21. The molecule has 5 heteroatoms. The average molecular weight is 406 g/mol. The van der Waals surface area contributed by atoms with E-state index in [1.54, 1.807) is 6.92 Å². The van der Waals surface area contributed by atoms with Gasteiger partial charge >= 0.3 is 5.97 Å². The minimum Gasteiger partial charge on any atom is -1.00 e. The summed E-state index contributed by atoms with van der Waals surface area (Å²) in [6.45, 7) is 8.50. The molecule has 2 aliphatic rings. The van der Waals surface area contributed by atoms with Gasteiger partial charge in [-0.1, -0.05) is 0 Å². The molecule has 0 aromatic rings. The lowest BCUT2D eigenvalue weighted by molar-refractivity contribution is -0.931. The molecule has 2 rings (SSSR count). The molecule has 0 aromatic carbocycles. The van der Waals surface area contributed by atoms with Crippen molar-refractivity contribution in [2.45, 2.75) is 64.4 Å². The van der Waals surface area contributed by atoms with Gasteiger partial charge in [-0.25, -0.2) is 0 Å². The Balaban J connectivity index is 0.00000288. The topological polar surface area (TPSA) is 26.3 Å². The third kappa shape index (κ3) is 7.40. The van der Waals surface area contributed by atoms with E-state index in [0.29, 0.717) is 0 Å². The summed E-state index contributed by atoms with van der Waals surface area (Å²) < 4.78 is 7.96. The van der Waals surface area contributed by atoms with Gasteiger partial charge in [0.05, 0.1) is 40.3 Å². The lowest BCUT2D eigenvalue weighted by Crippen LogP contribution is -3.00. The van der Waals surface area contributed by atoms with Crippen molar-refractivity contribution >= 4 is 5.97 Å². The van der Waals surface area contributed by atoms with Crippen molar-refractivity contribution in [3.63, 3.8) is 0 Å². The van der Waals surface area contributed by atoms with E-state index < -0.39 is 0 Å². The second-order valence-corrected chi connectivity index (χ2v) is 8.56. The normalized spacial score (nSPS) is 23.7. The molecule has 0 aliphatic carbocycles. The number of halogens is 1. The first-order valence-corrected chi connectivity index (χ1v) is 9.75. The van der Waals surface area contributed by atoms with Crippen LogP contribution < -0.4 is 17.0 Å². The fourth-order valence-corrected chi connectivity index (χ4v) is 4.62. The molecule has 4 nitrogen and oxygen atoms in total. The van der Waals surface area contributed by atoms with Gasteiger partial charge in [0.25, 0.3) is 0 Å². The largest absolute Gasteiger partial charge is 1.00 e. The van der Waals surface area contributed by atoms with E-state index in [0.717, 1.165) is 22.1 Å². The lowest BCUT2D eigenvalue weighted by Gasteiger charge is -2.40. The standard InChI is InChI=1S/C19H38N2O2.BrH/c1-18(22)23-19(16-20(2)12-8-4-5-9-13-20)17-21(3)14-10-6-7-11-15-21;/h19H,4-17H2,1-3H3;1H/q+2;/p-1. The first-order valence-electron chi connectivity index (χ1n) is 9.75. The molecule has 0 N–H and O–H groups in total. The van der Waals surface area contributed by atoms with Crippen molar-refractivity contribution < 1.29 is 35.5 Å². The van der Waals surface area contributed by atoms with Gasteiger partial charge in [-0.15, -0.1) is 0 Å². The predicted molar refractivity (Wildman–Crippen MR) is 94.1 cm³/mol. The minimum atomic E-state index is -0.113. The molecule has 2 fully saturated rings. The van der Waals surface area contributed by atoms with Crippen molar-refractivity contribution in [1.29, 1.82) is 0 Å². The van der Waals surface area contributed by atoms with E-state index in [-0.39, 0.29) is 29.1 Å². The number of hydrogen-bond donors (Lipinski definition) is 0. The number of nitrogens with zero attached hydrogens (tertiary/aromatic N) is 2. The summed E-state index contributed by atoms with van der Waals surface area (Å²) in [7, 11) is 4.73. The number of quaternary nitrogens is 2. The van der Waals surface area contributed by atoms with Crippen LogP contribution in [0.25, 0.3) is 0 Å². The molecule has 0 amide bonds. The van der Waals surface area contributed by atoms with Crippen LogP contribution in [-0.2, 0) is 9.53 Å². The Morgan fingerprint density at radius 1 is 0.792 bits per heavy atom. The van der Waals surface area contributed by atoms with Crippen LogP contribution in [0, 0.1) is 0 Å². The van der Waals surface area contributed by atoms with Crippen LogP contribution in [0.5, 0.6) is 0 Å². The minimum absolute atomic E-state index is 0. The van der Waals surface area contributed by atoms with Crippen molar-refractivity contribution in [2.75, 3.05) is 53.4 Å². The van der Waals surface area contributed by atoms with Crippen molar-refractivity contribution in [3.8, 4) is 0 Å².